The van der Waals surface area contributed by atoms with E-state index in [0.29, 0.717) is 11.3 Å². The lowest BCUT2D eigenvalue weighted by atomic mass is 10.1. The number of sulfonamides is 1. The maximum Gasteiger partial charge on any atom is 0.338 e. The van der Waals surface area contributed by atoms with Crippen molar-refractivity contribution in [1.82, 2.24) is 4.98 Å². The Morgan fingerprint density at radius 1 is 1.29 bits per heavy atom. The minimum atomic E-state index is -3.86. The Balaban J connectivity index is 2.19. The smallest absolute Gasteiger partial charge is 0.338 e. The van der Waals surface area contributed by atoms with Crippen molar-refractivity contribution < 1.29 is 17.9 Å². The molecule has 0 amide bonds. The second-order valence-electron chi connectivity index (χ2n) is 4.42. The number of carbonyl (C=O) groups is 1. The number of rotatable bonds is 4. The number of hydrogen-bond acceptors (Lipinski definition) is 5. The van der Waals surface area contributed by atoms with Crippen molar-refractivity contribution in [2.24, 2.45) is 5.14 Å². The number of nitrogens with two attached hydrogens (primary N) is 1. The topological polar surface area (TPSA) is 99.4 Å². The number of benzene rings is 1. The molecule has 1 heterocycles. The molecule has 0 aliphatic heterocycles. The van der Waals surface area contributed by atoms with Gasteiger partial charge in [0, 0.05) is 6.20 Å². The van der Waals surface area contributed by atoms with E-state index in [1.54, 1.807) is 31.3 Å². The van der Waals surface area contributed by atoms with E-state index in [4.69, 9.17) is 9.88 Å². The van der Waals surface area contributed by atoms with E-state index in [0.717, 1.165) is 0 Å². The van der Waals surface area contributed by atoms with Crippen LogP contribution in [0.1, 0.15) is 21.6 Å². The van der Waals surface area contributed by atoms with Crippen molar-refractivity contribution in [3.8, 4) is 0 Å². The first-order chi connectivity index (χ1) is 9.88. The molecule has 0 saturated carbocycles. The van der Waals surface area contributed by atoms with Crippen molar-refractivity contribution in [2.45, 2.75) is 18.4 Å². The monoisotopic (exact) mass is 306 g/mol. The number of ether oxygens (including phenoxy) is 1. The zero-order chi connectivity index (χ0) is 15.5. The first-order valence-corrected chi connectivity index (χ1v) is 7.63. The third-order valence-electron chi connectivity index (χ3n) is 2.83. The third-order valence-corrected chi connectivity index (χ3v) is 3.75. The van der Waals surface area contributed by atoms with Crippen LogP contribution in [-0.4, -0.2) is 19.4 Å². The van der Waals surface area contributed by atoms with Gasteiger partial charge in [-0.3, -0.25) is 4.98 Å². The molecule has 1 aromatic carbocycles. The molecule has 0 atom stereocenters. The molecule has 0 spiro atoms. The van der Waals surface area contributed by atoms with Gasteiger partial charge in [-0.2, -0.15) is 0 Å². The SMILES string of the molecule is Cc1ccc(S(N)(=O)=O)cc1C(=O)OCc1ccccn1. The molecule has 110 valence electrons. The van der Waals surface area contributed by atoms with Crippen LogP contribution in [0.5, 0.6) is 0 Å². The lowest BCUT2D eigenvalue weighted by molar-refractivity contribution is 0.0466. The maximum atomic E-state index is 12.0. The van der Waals surface area contributed by atoms with Gasteiger partial charge in [-0.15, -0.1) is 0 Å². The molecular weight excluding hydrogens is 292 g/mol. The summed E-state index contributed by atoms with van der Waals surface area (Å²) in [7, 11) is -3.86. The van der Waals surface area contributed by atoms with Gasteiger partial charge in [-0.05, 0) is 36.8 Å². The fraction of sp³-hybridized carbons (Fsp3) is 0.143. The van der Waals surface area contributed by atoms with Crippen LogP contribution in [-0.2, 0) is 21.4 Å². The number of hydrogen-bond donors (Lipinski definition) is 1. The summed E-state index contributed by atoms with van der Waals surface area (Å²) in [6, 6.07) is 9.33. The van der Waals surface area contributed by atoms with Crippen molar-refractivity contribution in [2.75, 3.05) is 0 Å². The quantitative estimate of drug-likeness (QED) is 0.861. The number of nitrogens with zero attached hydrogens (tertiary/aromatic N) is 1. The van der Waals surface area contributed by atoms with Crippen LogP contribution in [0.4, 0.5) is 0 Å². The fourth-order valence-corrected chi connectivity index (χ4v) is 2.24. The summed E-state index contributed by atoms with van der Waals surface area (Å²) in [4.78, 5) is 15.9. The zero-order valence-corrected chi connectivity index (χ0v) is 12.1. The van der Waals surface area contributed by atoms with E-state index in [1.165, 1.54) is 18.2 Å². The Morgan fingerprint density at radius 3 is 2.67 bits per heavy atom. The highest BCUT2D eigenvalue weighted by atomic mass is 32.2. The zero-order valence-electron chi connectivity index (χ0n) is 11.3. The number of primary sulfonamides is 1. The number of aromatic nitrogens is 1. The summed E-state index contributed by atoms with van der Waals surface area (Å²) in [5, 5.41) is 5.05. The minimum Gasteiger partial charge on any atom is -0.456 e. The van der Waals surface area contributed by atoms with Crippen molar-refractivity contribution in [1.29, 1.82) is 0 Å². The average Bonchev–Trinajstić information content (AvgIpc) is 2.45. The van der Waals surface area contributed by atoms with Crippen molar-refractivity contribution >= 4 is 16.0 Å². The molecule has 0 unspecified atom stereocenters. The Bertz CT molecular complexity index is 758. The van der Waals surface area contributed by atoms with E-state index in [9.17, 15) is 13.2 Å². The van der Waals surface area contributed by atoms with Gasteiger partial charge < -0.3 is 4.74 Å². The van der Waals surface area contributed by atoms with Gasteiger partial charge in [0.15, 0.2) is 0 Å². The third kappa shape index (κ3) is 3.87. The molecule has 2 aromatic rings. The lowest BCUT2D eigenvalue weighted by Crippen LogP contribution is -2.14. The average molecular weight is 306 g/mol. The molecule has 1 aromatic heterocycles. The van der Waals surface area contributed by atoms with Crippen LogP contribution in [0.15, 0.2) is 47.5 Å². The summed E-state index contributed by atoms with van der Waals surface area (Å²) in [6.07, 6.45) is 1.59. The number of aryl methyl sites for hydroxylation is 1. The second kappa shape index (κ2) is 6.02. The largest absolute Gasteiger partial charge is 0.456 e. The fourth-order valence-electron chi connectivity index (χ4n) is 1.70. The first kappa shape index (κ1) is 15.1. The van der Waals surface area contributed by atoms with E-state index in [2.05, 4.69) is 4.98 Å². The lowest BCUT2D eigenvalue weighted by Gasteiger charge is -2.08. The second-order valence-corrected chi connectivity index (χ2v) is 5.98. The predicted octanol–water partition coefficient (Wildman–Crippen LogP) is 1.39. The van der Waals surface area contributed by atoms with Crippen LogP contribution in [0.2, 0.25) is 0 Å². The molecule has 2 rings (SSSR count). The normalized spacial score (nSPS) is 11.1. The Labute approximate surface area is 122 Å². The molecule has 0 bridgehead atoms. The van der Waals surface area contributed by atoms with E-state index < -0.39 is 16.0 Å². The van der Waals surface area contributed by atoms with E-state index in [1.807, 2.05) is 0 Å². The van der Waals surface area contributed by atoms with Crippen LogP contribution < -0.4 is 5.14 Å². The van der Waals surface area contributed by atoms with E-state index in [-0.39, 0.29) is 17.1 Å². The predicted molar refractivity (Wildman–Crippen MR) is 75.9 cm³/mol. The van der Waals surface area contributed by atoms with Crippen LogP contribution in [0, 0.1) is 6.92 Å². The minimum absolute atomic E-state index is 0.0126. The number of esters is 1. The molecule has 2 N–H and O–H groups in total. The molecule has 0 radical (unpaired) electrons. The summed E-state index contributed by atoms with van der Waals surface area (Å²) in [5.74, 6) is -0.622. The van der Waals surface area contributed by atoms with Crippen molar-refractivity contribution in [3.63, 3.8) is 0 Å². The molecule has 21 heavy (non-hydrogen) atoms. The highest BCUT2D eigenvalue weighted by molar-refractivity contribution is 7.89. The molecule has 0 fully saturated rings. The molecule has 7 heteroatoms. The van der Waals surface area contributed by atoms with E-state index >= 15 is 0 Å². The number of carbonyl (C=O) groups excluding carboxylic acids is 1. The summed E-state index contributed by atoms with van der Waals surface area (Å²) in [5.41, 5.74) is 1.37. The van der Waals surface area contributed by atoms with Gasteiger partial charge in [-0.1, -0.05) is 12.1 Å². The first-order valence-electron chi connectivity index (χ1n) is 6.08. The van der Waals surface area contributed by atoms with Crippen LogP contribution in [0.25, 0.3) is 0 Å². The highest BCUT2D eigenvalue weighted by Gasteiger charge is 2.16. The van der Waals surface area contributed by atoms with Gasteiger partial charge in [-0.25, -0.2) is 18.4 Å². The maximum absolute atomic E-state index is 12.0. The summed E-state index contributed by atoms with van der Waals surface area (Å²) < 4.78 is 27.8. The molecule has 0 aliphatic carbocycles. The number of pyridine rings is 1. The molecule has 6 nitrogen and oxygen atoms in total. The summed E-state index contributed by atoms with van der Waals surface area (Å²) in [6.45, 7) is 1.70. The Morgan fingerprint density at radius 2 is 2.05 bits per heavy atom. The van der Waals surface area contributed by atoms with Gasteiger partial charge in [0.1, 0.15) is 6.61 Å². The molecule has 0 saturated heterocycles. The van der Waals surface area contributed by atoms with Gasteiger partial charge >= 0.3 is 5.97 Å². The van der Waals surface area contributed by atoms with Gasteiger partial charge in [0.2, 0.25) is 10.0 Å². The standard InChI is InChI=1S/C14H14N2O4S/c1-10-5-6-12(21(15,18)19)8-13(10)14(17)20-9-11-4-2-3-7-16-11/h2-8H,9H2,1H3,(H2,15,18,19). The van der Waals surface area contributed by atoms with Crippen molar-refractivity contribution in [3.05, 3.63) is 59.4 Å². The molecule has 0 aliphatic rings. The Hall–Kier alpha value is -2.25. The Kier molecular flexibility index (Phi) is 4.35. The van der Waals surface area contributed by atoms with Crippen LogP contribution >= 0.6 is 0 Å². The van der Waals surface area contributed by atoms with Gasteiger partial charge in [0.25, 0.3) is 0 Å². The highest BCUT2D eigenvalue weighted by Crippen LogP contribution is 2.16. The summed E-state index contributed by atoms with van der Waals surface area (Å²) >= 11 is 0. The van der Waals surface area contributed by atoms with Crippen LogP contribution in [0.3, 0.4) is 0 Å². The van der Waals surface area contributed by atoms with Gasteiger partial charge in [0.05, 0.1) is 16.2 Å². The molecular formula is C14H14N2O4S.